The first kappa shape index (κ1) is 20.7. The van der Waals surface area contributed by atoms with E-state index in [1.54, 1.807) is 44.4 Å². The number of ether oxygens (including phenoxy) is 1. The molecule has 9 heteroatoms. The van der Waals surface area contributed by atoms with Crippen molar-refractivity contribution in [3.05, 3.63) is 74.7 Å². The zero-order chi connectivity index (χ0) is 21.7. The molecule has 0 bridgehead atoms. The van der Waals surface area contributed by atoms with Crippen LogP contribution in [0.2, 0.25) is 0 Å². The van der Waals surface area contributed by atoms with Gasteiger partial charge in [-0.25, -0.2) is 4.98 Å². The third kappa shape index (κ3) is 4.51. The first-order valence-electron chi connectivity index (χ1n) is 8.96. The number of nitro groups is 1. The molecule has 2 aromatic heterocycles. The molecule has 0 spiro atoms. The summed E-state index contributed by atoms with van der Waals surface area (Å²) in [5, 5.41) is 24.7. The summed E-state index contributed by atoms with van der Waals surface area (Å²) in [5.74, 6) is 1.24. The normalized spacial score (nSPS) is 10.9. The van der Waals surface area contributed by atoms with Crippen molar-refractivity contribution in [2.24, 2.45) is 5.10 Å². The average Bonchev–Trinajstić information content (AvgIpc) is 3.17. The fourth-order valence-electron chi connectivity index (χ4n) is 2.91. The molecule has 1 aromatic carbocycles. The molecular weight excluding hydrogens is 386 g/mol. The molecule has 0 saturated carbocycles. The van der Waals surface area contributed by atoms with E-state index in [0.29, 0.717) is 39.6 Å². The van der Waals surface area contributed by atoms with Crippen LogP contribution >= 0.6 is 0 Å². The smallest absolute Gasteiger partial charge is 0.273 e. The minimum atomic E-state index is -0.423. The van der Waals surface area contributed by atoms with Crippen LogP contribution in [0, 0.1) is 35.3 Å². The highest BCUT2D eigenvalue weighted by Crippen LogP contribution is 2.28. The third-order valence-electron chi connectivity index (χ3n) is 4.32. The number of hydrogen-bond donors (Lipinski definition) is 1. The Morgan fingerprint density at radius 2 is 2.13 bits per heavy atom. The van der Waals surface area contributed by atoms with Crippen LogP contribution in [0.25, 0.3) is 11.3 Å². The minimum Gasteiger partial charge on any atom is -0.455 e. The summed E-state index contributed by atoms with van der Waals surface area (Å²) in [4.78, 5) is 15.0. The SMILES string of the molecule is COCc1cc(C)nc(NN=Cc2ccc(-c3ccc(C)c([N+](=O)[O-])c3)o2)c1C#N. The number of methoxy groups -OCH3 is 1. The van der Waals surface area contributed by atoms with Crippen molar-refractivity contribution in [2.45, 2.75) is 20.5 Å². The number of aromatic nitrogens is 1. The van der Waals surface area contributed by atoms with Crippen molar-refractivity contribution in [3.8, 4) is 17.4 Å². The molecule has 1 N–H and O–H groups in total. The van der Waals surface area contributed by atoms with Crippen LogP contribution in [0.15, 0.2) is 45.9 Å². The lowest BCUT2D eigenvalue weighted by molar-refractivity contribution is -0.385. The monoisotopic (exact) mass is 405 g/mol. The summed E-state index contributed by atoms with van der Waals surface area (Å²) in [6.07, 6.45) is 1.44. The summed E-state index contributed by atoms with van der Waals surface area (Å²) < 4.78 is 10.8. The van der Waals surface area contributed by atoms with Crippen molar-refractivity contribution in [1.29, 1.82) is 5.26 Å². The number of furan rings is 1. The Morgan fingerprint density at radius 1 is 1.33 bits per heavy atom. The van der Waals surface area contributed by atoms with Crippen molar-refractivity contribution in [3.63, 3.8) is 0 Å². The first-order valence-corrected chi connectivity index (χ1v) is 8.96. The van der Waals surface area contributed by atoms with E-state index in [1.165, 1.54) is 12.3 Å². The van der Waals surface area contributed by atoms with E-state index >= 15 is 0 Å². The van der Waals surface area contributed by atoms with Crippen LogP contribution in [0.4, 0.5) is 11.5 Å². The number of nitrogens with zero attached hydrogens (tertiary/aromatic N) is 4. The molecule has 0 unspecified atom stereocenters. The van der Waals surface area contributed by atoms with Crippen LogP contribution in [-0.4, -0.2) is 23.2 Å². The molecule has 0 saturated heterocycles. The number of anilines is 1. The van der Waals surface area contributed by atoms with E-state index in [-0.39, 0.29) is 12.3 Å². The predicted molar refractivity (Wildman–Crippen MR) is 111 cm³/mol. The highest BCUT2D eigenvalue weighted by atomic mass is 16.6. The number of hydrogen-bond acceptors (Lipinski definition) is 8. The Labute approximate surface area is 172 Å². The Hall–Kier alpha value is -4.03. The van der Waals surface area contributed by atoms with Crippen molar-refractivity contribution >= 4 is 17.7 Å². The molecule has 2 heterocycles. The Balaban J connectivity index is 1.80. The van der Waals surface area contributed by atoms with Crippen LogP contribution in [-0.2, 0) is 11.3 Å². The van der Waals surface area contributed by atoms with Crippen molar-refractivity contribution in [2.75, 3.05) is 12.5 Å². The molecule has 0 fully saturated rings. The molecule has 30 heavy (non-hydrogen) atoms. The number of nitrogens with one attached hydrogen (secondary N) is 1. The topological polar surface area (TPSA) is 127 Å². The van der Waals surface area contributed by atoms with Gasteiger partial charge in [0, 0.05) is 35.6 Å². The molecular formula is C21H19N5O4. The van der Waals surface area contributed by atoms with Crippen LogP contribution in [0.1, 0.15) is 28.1 Å². The third-order valence-corrected chi connectivity index (χ3v) is 4.32. The Bertz CT molecular complexity index is 1160. The number of pyridine rings is 1. The van der Waals surface area contributed by atoms with Gasteiger partial charge in [-0.1, -0.05) is 12.1 Å². The fraction of sp³-hybridized carbons (Fsp3) is 0.190. The average molecular weight is 405 g/mol. The second-order valence-electron chi connectivity index (χ2n) is 6.52. The Kier molecular flexibility index (Phi) is 6.20. The zero-order valence-electron chi connectivity index (χ0n) is 16.7. The standard InChI is InChI=1S/C21H19N5O4/c1-13-4-5-15(9-19(13)26(27)28)20-7-6-17(30-20)11-23-25-21-18(10-22)16(12-29-3)8-14(2)24-21/h4-9,11H,12H2,1-3H3,(H,24,25). The molecule has 0 radical (unpaired) electrons. The second-order valence-corrected chi connectivity index (χ2v) is 6.52. The molecule has 0 atom stereocenters. The number of nitriles is 1. The van der Waals surface area contributed by atoms with Gasteiger partial charge >= 0.3 is 0 Å². The summed E-state index contributed by atoms with van der Waals surface area (Å²) in [6.45, 7) is 3.78. The van der Waals surface area contributed by atoms with E-state index in [2.05, 4.69) is 21.6 Å². The molecule has 0 aliphatic heterocycles. The van der Waals surface area contributed by atoms with Crippen LogP contribution in [0.3, 0.4) is 0 Å². The molecule has 152 valence electrons. The van der Waals surface area contributed by atoms with Gasteiger partial charge in [-0.15, -0.1) is 0 Å². The second kappa shape index (κ2) is 8.98. The number of aryl methyl sites for hydroxylation is 2. The highest BCUT2D eigenvalue weighted by molar-refractivity contribution is 5.78. The first-order chi connectivity index (χ1) is 14.4. The highest BCUT2D eigenvalue weighted by Gasteiger charge is 2.14. The quantitative estimate of drug-likeness (QED) is 0.352. The van der Waals surface area contributed by atoms with E-state index in [9.17, 15) is 15.4 Å². The summed E-state index contributed by atoms with van der Waals surface area (Å²) >= 11 is 0. The number of hydrazone groups is 1. The number of benzene rings is 1. The summed E-state index contributed by atoms with van der Waals surface area (Å²) in [7, 11) is 1.55. The van der Waals surface area contributed by atoms with Gasteiger partial charge in [0.25, 0.3) is 5.69 Å². The van der Waals surface area contributed by atoms with Gasteiger partial charge in [0.1, 0.15) is 23.2 Å². The molecule has 0 aliphatic carbocycles. The summed E-state index contributed by atoms with van der Waals surface area (Å²) in [5.41, 5.74) is 5.75. The maximum atomic E-state index is 11.1. The molecule has 0 aliphatic rings. The maximum absolute atomic E-state index is 11.1. The lowest BCUT2D eigenvalue weighted by Crippen LogP contribution is -2.03. The lowest BCUT2D eigenvalue weighted by Gasteiger charge is -2.08. The van der Waals surface area contributed by atoms with Gasteiger partial charge in [-0.3, -0.25) is 15.5 Å². The predicted octanol–water partition coefficient (Wildman–Crippen LogP) is 4.33. The van der Waals surface area contributed by atoms with Crippen LogP contribution in [0.5, 0.6) is 0 Å². The Morgan fingerprint density at radius 3 is 2.83 bits per heavy atom. The number of nitro benzene ring substituents is 1. The minimum absolute atomic E-state index is 0.0298. The van der Waals surface area contributed by atoms with Crippen molar-refractivity contribution in [1.82, 2.24) is 4.98 Å². The molecule has 3 rings (SSSR count). The molecule has 0 amide bonds. The largest absolute Gasteiger partial charge is 0.455 e. The zero-order valence-corrected chi connectivity index (χ0v) is 16.7. The molecule has 3 aromatic rings. The fourth-order valence-corrected chi connectivity index (χ4v) is 2.91. The van der Waals surface area contributed by atoms with E-state index in [4.69, 9.17) is 9.15 Å². The molecule has 9 nitrogen and oxygen atoms in total. The van der Waals surface area contributed by atoms with Gasteiger partial charge in [-0.05, 0) is 32.0 Å². The summed E-state index contributed by atoms with van der Waals surface area (Å²) in [6, 6.07) is 12.2. The van der Waals surface area contributed by atoms with Gasteiger partial charge in [0.05, 0.1) is 17.7 Å². The van der Waals surface area contributed by atoms with Gasteiger partial charge in [-0.2, -0.15) is 10.4 Å². The van der Waals surface area contributed by atoms with E-state index in [1.807, 2.05) is 6.92 Å². The number of rotatable bonds is 7. The lowest BCUT2D eigenvalue weighted by atomic mass is 10.1. The van der Waals surface area contributed by atoms with E-state index < -0.39 is 4.92 Å². The van der Waals surface area contributed by atoms with E-state index in [0.717, 1.165) is 5.69 Å². The van der Waals surface area contributed by atoms with Gasteiger partial charge < -0.3 is 9.15 Å². The van der Waals surface area contributed by atoms with Gasteiger partial charge in [0.2, 0.25) is 0 Å². The maximum Gasteiger partial charge on any atom is 0.273 e. The van der Waals surface area contributed by atoms with Crippen molar-refractivity contribution < 1.29 is 14.1 Å². The van der Waals surface area contributed by atoms with Gasteiger partial charge in [0.15, 0.2) is 5.82 Å². The van der Waals surface area contributed by atoms with Crippen LogP contribution < -0.4 is 5.43 Å².